The number of ether oxygens (including phenoxy) is 1. The molecule has 1 saturated carbocycles. The molecule has 6 nitrogen and oxygen atoms in total. The second-order valence-electron chi connectivity index (χ2n) is 5.51. The second-order valence-corrected chi connectivity index (χ2v) is 5.51. The lowest BCUT2D eigenvalue weighted by atomic mass is 9.79. The molecule has 1 N–H and O–H groups in total. The molecule has 0 spiro atoms. The predicted octanol–water partition coefficient (Wildman–Crippen LogP) is 2.31. The number of nitrogens with zero attached hydrogens (tertiary/aromatic N) is 2. The summed E-state index contributed by atoms with van der Waals surface area (Å²) < 4.78 is 10.6. The van der Waals surface area contributed by atoms with Crippen LogP contribution in [0, 0.1) is 5.92 Å². The van der Waals surface area contributed by atoms with Gasteiger partial charge in [-0.3, -0.25) is 4.79 Å². The number of aliphatic carboxylic acids is 1. The summed E-state index contributed by atoms with van der Waals surface area (Å²) >= 11 is 0. The van der Waals surface area contributed by atoms with Gasteiger partial charge in [0.25, 0.3) is 0 Å². The molecule has 1 fully saturated rings. The molecule has 0 saturated heterocycles. The Labute approximate surface area is 112 Å². The van der Waals surface area contributed by atoms with Crippen LogP contribution in [-0.2, 0) is 15.1 Å². The highest BCUT2D eigenvalue weighted by atomic mass is 16.5. The first-order valence-electron chi connectivity index (χ1n) is 6.57. The van der Waals surface area contributed by atoms with Gasteiger partial charge in [-0.2, -0.15) is 4.98 Å². The van der Waals surface area contributed by atoms with Gasteiger partial charge in [0.15, 0.2) is 0 Å². The van der Waals surface area contributed by atoms with Crippen molar-refractivity contribution < 1.29 is 19.2 Å². The maximum Gasteiger partial charge on any atom is 0.307 e. The van der Waals surface area contributed by atoms with Crippen molar-refractivity contribution >= 4 is 5.97 Å². The lowest BCUT2D eigenvalue weighted by molar-refractivity contribution is -0.143. The van der Waals surface area contributed by atoms with E-state index in [1.165, 1.54) is 0 Å². The standard InChI is InChI=1S/C13H20N2O4/c1-13(2,18-3)12-14-10(19-15-12)8-6-4-5-7-9(8)11(16)17/h8-9H,4-7H2,1-3H3,(H,16,17). The highest BCUT2D eigenvalue weighted by Crippen LogP contribution is 2.37. The molecule has 1 aliphatic carbocycles. The number of hydrogen-bond acceptors (Lipinski definition) is 5. The number of carboxylic acid groups (broad SMARTS) is 1. The Bertz CT molecular complexity index is 455. The van der Waals surface area contributed by atoms with Crippen molar-refractivity contribution in [2.24, 2.45) is 5.92 Å². The van der Waals surface area contributed by atoms with Crippen molar-refractivity contribution in [3.05, 3.63) is 11.7 Å². The van der Waals surface area contributed by atoms with Gasteiger partial charge in [0, 0.05) is 7.11 Å². The van der Waals surface area contributed by atoms with Gasteiger partial charge in [-0.15, -0.1) is 0 Å². The van der Waals surface area contributed by atoms with E-state index in [1.807, 2.05) is 13.8 Å². The molecule has 0 aromatic carbocycles. The minimum absolute atomic E-state index is 0.180. The fourth-order valence-corrected chi connectivity index (χ4v) is 2.44. The first-order valence-corrected chi connectivity index (χ1v) is 6.57. The molecule has 1 aromatic heterocycles. The Morgan fingerprint density at radius 3 is 2.74 bits per heavy atom. The van der Waals surface area contributed by atoms with E-state index in [0.29, 0.717) is 18.1 Å². The summed E-state index contributed by atoms with van der Waals surface area (Å²) in [5, 5.41) is 13.2. The summed E-state index contributed by atoms with van der Waals surface area (Å²) in [5.74, 6) is -0.504. The molecular weight excluding hydrogens is 248 g/mol. The van der Waals surface area contributed by atoms with Crippen molar-refractivity contribution in [3.8, 4) is 0 Å². The zero-order chi connectivity index (χ0) is 14.0. The third-order valence-corrected chi connectivity index (χ3v) is 3.89. The summed E-state index contributed by atoms with van der Waals surface area (Å²) in [4.78, 5) is 15.6. The summed E-state index contributed by atoms with van der Waals surface area (Å²) in [7, 11) is 1.58. The first kappa shape index (κ1) is 14.0. The Kier molecular flexibility index (Phi) is 3.89. The van der Waals surface area contributed by atoms with Gasteiger partial charge in [0.05, 0.1) is 11.8 Å². The van der Waals surface area contributed by atoms with Crippen LogP contribution in [0.25, 0.3) is 0 Å². The lowest BCUT2D eigenvalue weighted by Gasteiger charge is -2.25. The molecule has 1 aliphatic rings. The van der Waals surface area contributed by atoms with E-state index >= 15 is 0 Å². The van der Waals surface area contributed by atoms with Crippen molar-refractivity contribution in [3.63, 3.8) is 0 Å². The van der Waals surface area contributed by atoms with Crippen LogP contribution in [-0.4, -0.2) is 28.3 Å². The Balaban J connectivity index is 2.23. The quantitative estimate of drug-likeness (QED) is 0.901. The topological polar surface area (TPSA) is 85.5 Å². The fourth-order valence-electron chi connectivity index (χ4n) is 2.44. The van der Waals surface area contributed by atoms with E-state index < -0.39 is 17.5 Å². The van der Waals surface area contributed by atoms with Gasteiger partial charge in [-0.1, -0.05) is 18.0 Å². The van der Waals surface area contributed by atoms with E-state index in [1.54, 1.807) is 7.11 Å². The van der Waals surface area contributed by atoms with E-state index in [-0.39, 0.29) is 5.92 Å². The number of hydrogen-bond donors (Lipinski definition) is 1. The summed E-state index contributed by atoms with van der Waals surface area (Å²) in [6, 6.07) is 0. The van der Waals surface area contributed by atoms with E-state index in [4.69, 9.17) is 9.26 Å². The summed E-state index contributed by atoms with van der Waals surface area (Å²) in [5.41, 5.74) is -0.630. The maximum atomic E-state index is 11.3. The second kappa shape index (κ2) is 5.28. The van der Waals surface area contributed by atoms with E-state index in [9.17, 15) is 9.90 Å². The van der Waals surface area contributed by atoms with Gasteiger partial charge in [-0.25, -0.2) is 0 Å². The molecule has 0 radical (unpaired) electrons. The third-order valence-electron chi connectivity index (χ3n) is 3.89. The first-order chi connectivity index (χ1) is 8.95. The van der Waals surface area contributed by atoms with Crippen molar-refractivity contribution in [2.75, 3.05) is 7.11 Å². The summed E-state index contributed by atoms with van der Waals surface area (Å²) in [6.45, 7) is 3.69. The van der Waals surface area contributed by atoms with Crippen LogP contribution in [0.3, 0.4) is 0 Å². The molecule has 0 amide bonds. The van der Waals surface area contributed by atoms with Gasteiger partial charge < -0.3 is 14.4 Å². The molecular formula is C13H20N2O4. The molecule has 0 aliphatic heterocycles. The van der Waals surface area contributed by atoms with Gasteiger partial charge in [-0.05, 0) is 26.7 Å². The average molecular weight is 268 g/mol. The smallest absolute Gasteiger partial charge is 0.307 e. The molecule has 106 valence electrons. The van der Waals surface area contributed by atoms with Gasteiger partial charge in [0.1, 0.15) is 5.60 Å². The molecule has 0 bridgehead atoms. The van der Waals surface area contributed by atoms with Gasteiger partial charge in [0.2, 0.25) is 11.7 Å². The van der Waals surface area contributed by atoms with Gasteiger partial charge >= 0.3 is 5.97 Å². The molecule has 2 rings (SSSR count). The zero-order valence-corrected chi connectivity index (χ0v) is 11.5. The van der Waals surface area contributed by atoms with Crippen LogP contribution in [0.2, 0.25) is 0 Å². The van der Waals surface area contributed by atoms with Crippen LogP contribution < -0.4 is 0 Å². The van der Waals surface area contributed by atoms with Crippen molar-refractivity contribution in [1.29, 1.82) is 0 Å². The van der Waals surface area contributed by atoms with Crippen molar-refractivity contribution in [2.45, 2.75) is 51.0 Å². The fraction of sp³-hybridized carbons (Fsp3) is 0.769. The number of carboxylic acids is 1. The number of aromatic nitrogens is 2. The number of carbonyl (C=O) groups is 1. The minimum Gasteiger partial charge on any atom is -0.481 e. The Hall–Kier alpha value is -1.43. The Morgan fingerprint density at radius 2 is 2.11 bits per heavy atom. The number of methoxy groups -OCH3 is 1. The SMILES string of the molecule is COC(C)(C)c1noc(C2CCCCC2C(=O)O)n1. The molecule has 2 atom stereocenters. The predicted molar refractivity (Wildman–Crippen MR) is 66.7 cm³/mol. The molecule has 19 heavy (non-hydrogen) atoms. The van der Waals surface area contributed by atoms with Crippen LogP contribution >= 0.6 is 0 Å². The van der Waals surface area contributed by atoms with Crippen LogP contribution in [0.4, 0.5) is 0 Å². The van der Waals surface area contributed by atoms with Crippen LogP contribution in [0.5, 0.6) is 0 Å². The highest BCUT2D eigenvalue weighted by molar-refractivity contribution is 5.71. The molecule has 1 aromatic rings. The Morgan fingerprint density at radius 1 is 1.42 bits per heavy atom. The largest absolute Gasteiger partial charge is 0.481 e. The molecule has 1 heterocycles. The van der Waals surface area contributed by atoms with Crippen LogP contribution in [0.1, 0.15) is 57.2 Å². The van der Waals surface area contributed by atoms with Crippen molar-refractivity contribution in [1.82, 2.24) is 10.1 Å². The average Bonchev–Trinajstić information content (AvgIpc) is 2.89. The molecule has 2 unspecified atom stereocenters. The molecule has 6 heteroatoms. The summed E-state index contributed by atoms with van der Waals surface area (Å²) in [6.07, 6.45) is 3.40. The van der Waals surface area contributed by atoms with E-state index in [0.717, 1.165) is 19.3 Å². The monoisotopic (exact) mass is 268 g/mol. The van der Waals surface area contributed by atoms with Crippen LogP contribution in [0.15, 0.2) is 4.52 Å². The number of rotatable bonds is 4. The third kappa shape index (κ3) is 2.78. The van der Waals surface area contributed by atoms with E-state index in [2.05, 4.69) is 10.1 Å². The lowest BCUT2D eigenvalue weighted by Crippen LogP contribution is -2.26. The normalized spacial score (nSPS) is 24.4. The minimum atomic E-state index is -0.782. The highest BCUT2D eigenvalue weighted by Gasteiger charge is 2.37. The maximum absolute atomic E-state index is 11.3. The zero-order valence-electron chi connectivity index (χ0n) is 11.5.